The molecule has 0 bridgehead atoms. The van der Waals surface area contributed by atoms with E-state index >= 15 is 0 Å². The Morgan fingerprint density at radius 3 is 2.55 bits per heavy atom. The predicted octanol–water partition coefficient (Wildman–Crippen LogP) is 5.27. The number of aromatic hydroxyl groups is 1. The number of rotatable bonds is 7. The highest BCUT2D eigenvalue weighted by molar-refractivity contribution is 5.90. The van der Waals surface area contributed by atoms with Gasteiger partial charge in [0, 0.05) is 11.0 Å². The number of phenols is 1. The van der Waals surface area contributed by atoms with Gasteiger partial charge in [-0.25, -0.2) is 0 Å². The molecule has 4 atom stereocenters. The zero-order valence-electron chi connectivity index (χ0n) is 21.4. The van der Waals surface area contributed by atoms with Gasteiger partial charge in [0.2, 0.25) is 0 Å². The molecule has 0 aromatic heterocycles. The first-order valence-corrected chi connectivity index (χ1v) is 12.2. The number of ether oxygens (including phenoxy) is 1. The van der Waals surface area contributed by atoms with E-state index in [0.717, 1.165) is 36.0 Å². The van der Waals surface area contributed by atoms with Crippen molar-refractivity contribution in [3.05, 3.63) is 34.9 Å². The van der Waals surface area contributed by atoms with E-state index in [9.17, 15) is 20.1 Å². The fraction of sp³-hybridized carbons (Fsp3) is 0.679. The molecule has 5 nitrogen and oxygen atoms in total. The van der Waals surface area contributed by atoms with Gasteiger partial charge in [0.1, 0.15) is 17.3 Å². The van der Waals surface area contributed by atoms with Crippen LogP contribution in [0.4, 0.5) is 0 Å². The number of fused-ring (bicyclic) bond motifs is 1. The Bertz CT molecular complexity index is 942. The van der Waals surface area contributed by atoms with Crippen molar-refractivity contribution in [2.75, 3.05) is 7.11 Å². The van der Waals surface area contributed by atoms with Crippen molar-refractivity contribution in [1.82, 2.24) is 0 Å². The van der Waals surface area contributed by atoms with Gasteiger partial charge in [-0.05, 0) is 89.3 Å². The summed E-state index contributed by atoms with van der Waals surface area (Å²) in [6, 6.07) is 3.62. The van der Waals surface area contributed by atoms with Crippen molar-refractivity contribution in [3.63, 3.8) is 0 Å². The molecule has 2 saturated carbocycles. The maximum absolute atomic E-state index is 13.8. The lowest BCUT2D eigenvalue weighted by molar-refractivity contribution is -0.175. The van der Waals surface area contributed by atoms with Crippen LogP contribution in [0.1, 0.15) is 84.3 Å². The second-order valence-electron chi connectivity index (χ2n) is 11.8. The summed E-state index contributed by atoms with van der Waals surface area (Å²) < 4.78 is 5.33. The van der Waals surface area contributed by atoms with E-state index in [1.807, 2.05) is 26.0 Å². The first kappa shape index (κ1) is 25.8. The molecule has 184 valence electrons. The quantitative estimate of drug-likeness (QED) is 0.485. The fourth-order valence-electron chi connectivity index (χ4n) is 6.44. The Morgan fingerprint density at radius 2 is 1.94 bits per heavy atom. The van der Waals surface area contributed by atoms with E-state index in [2.05, 4.69) is 13.8 Å². The van der Waals surface area contributed by atoms with Crippen LogP contribution in [0.2, 0.25) is 0 Å². The van der Waals surface area contributed by atoms with Crippen LogP contribution < -0.4 is 4.74 Å². The van der Waals surface area contributed by atoms with Gasteiger partial charge < -0.3 is 20.1 Å². The number of aliphatic hydroxyl groups is 2. The molecule has 0 amide bonds. The molecule has 0 heterocycles. The van der Waals surface area contributed by atoms with Crippen LogP contribution in [0.15, 0.2) is 23.8 Å². The normalized spacial score (nSPS) is 32.7. The fourth-order valence-corrected chi connectivity index (χ4v) is 6.44. The minimum Gasteiger partial charge on any atom is -0.507 e. The minimum atomic E-state index is -1.21. The second-order valence-corrected chi connectivity index (χ2v) is 11.8. The number of carbonyl (C=O) groups excluding carboxylic acids is 1. The summed E-state index contributed by atoms with van der Waals surface area (Å²) in [7, 11) is 1.60. The molecule has 0 unspecified atom stereocenters. The van der Waals surface area contributed by atoms with Crippen LogP contribution in [-0.2, 0) is 11.2 Å². The standard InChI is InChI=1S/C28H42O5/c1-18(9-10-20-14-21(33-7)13-19(2)23(20)29)15-28(32)17-26(5)11-8-12-27(26,6)24(30)22(28)16-25(3,4)31/h9,13-14,22,29,31-32H,8,10-12,15-17H2,1-7H3/t22-,26+,27+,28-/m0/s1. The van der Waals surface area contributed by atoms with Gasteiger partial charge >= 0.3 is 0 Å². The molecule has 0 spiro atoms. The highest BCUT2D eigenvalue weighted by Crippen LogP contribution is 2.63. The van der Waals surface area contributed by atoms with E-state index < -0.39 is 22.5 Å². The maximum Gasteiger partial charge on any atom is 0.145 e. The zero-order valence-corrected chi connectivity index (χ0v) is 21.4. The van der Waals surface area contributed by atoms with Gasteiger partial charge in [-0.2, -0.15) is 0 Å². The Hall–Kier alpha value is -1.85. The Morgan fingerprint density at radius 1 is 1.27 bits per heavy atom. The van der Waals surface area contributed by atoms with Crippen molar-refractivity contribution < 1.29 is 24.9 Å². The second kappa shape index (κ2) is 8.74. The molecule has 5 heteroatoms. The number of carbonyl (C=O) groups is 1. The first-order chi connectivity index (χ1) is 15.1. The van der Waals surface area contributed by atoms with Crippen LogP contribution >= 0.6 is 0 Å². The Labute approximate surface area is 198 Å². The largest absolute Gasteiger partial charge is 0.507 e. The van der Waals surface area contributed by atoms with Gasteiger partial charge in [-0.3, -0.25) is 4.79 Å². The summed E-state index contributed by atoms with van der Waals surface area (Å²) in [5, 5.41) is 33.0. The first-order valence-electron chi connectivity index (χ1n) is 12.2. The average Bonchev–Trinajstić information content (AvgIpc) is 3.00. The maximum atomic E-state index is 13.8. The molecule has 0 radical (unpaired) electrons. The molecule has 3 N–H and O–H groups in total. The van der Waals surface area contributed by atoms with Crippen molar-refractivity contribution in [1.29, 1.82) is 0 Å². The van der Waals surface area contributed by atoms with Gasteiger partial charge in [0.25, 0.3) is 0 Å². The summed E-state index contributed by atoms with van der Waals surface area (Å²) in [6.45, 7) is 11.5. The Kier molecular flexibility index (Phi) is 6.82. The van der Waals surface area contributed by atoms with E-state index in [1.165, 1.54) is 0 Å². The Balaban J connectivity index is 1.90. The highest BCUT2D eigenvalue weighted by atomic mass is 16.5. The van der Waals surface area contributed by atoms with Crippen LogP contribution in [0, 0.1) is 23.7 Å². The number of ketones is 1. The molecular formula is C28H42O5. The van der Waals surface area contributed by atoms with Gasteiger partial charge in [-0.1, -0.05) is 31.9 Å². The monoisotopic (exact) mass is 458 g/mol. The smallest absolute Gasteiger partial charge is 0.145 e. The molecule has 3 rings (SSSR count). The van der Waals surface area contributed by atoms with Crippen LogP contribution in [-0.4, -0.2) is 39.4 Å². The van der Waals surface area contributed by atoms with E-state index in [0.29, 0.717) is 25.0 Å². The number of allylic oxidation sites excluding steroid dienone is 1. The molecule has 2 fully saturated rings. The lowest BCUT2D eigenvalue weighted by Crippen LogP contribution is -2.60. The molecule has 33 heavy (non-hydrogen) atoms. The van der Waals surface area contributed by atoms with Crippen LogP contribution in [0.5, 0.6) is 11.5 Å². The summed E-state index contributed by atoms with van der Waals surface area (Å²) in [5.41, 5.74) is -0.446. The van der Waals surface area contributed by atoms with Crippen LogP contribution in [0.3, 0.4) is 0 Å². The van der Waals surface area contributed by atoms with E-state index in [1.54, 1.807) is 27.0 Å². The molecule has 2 aliphatic rings. The van der Waals surface area contributed by atoms with Gasteiger partial charge in [-0.15, -0.1) is 0 Å². The van der Waals surface area contributed by atoms with Gasteiger partial charge in [0.05, 0.1) is 24.2 Å². The third-order valence-electron chi connectivity index (χ3n) is 8.49. The summed E-state index contributed by atoms with van der Waals surface area (Å²) in [6.07, 6.45) is 6.47. The van der Waals surface area contributed by atoms with Crippen molar-refractivity contribution in [3.8, 4) is 11.5 Å². The number of aryl methyl sites for hydroxylation is 1. The topological polar surface area (TPSA) is 87.0 Å². The van der Waals surface area contributed by atoms with Gasteiger partial charge in [0.15, 0.2) is 0 Å². The van der Waals surface area contributed by atoms with Crippen LogP contribution in [0.25, 0.3) is 0 Å². The number of Topliss-reactive ketones (excluding diaryl/α,β-unsaturated/α-hetero) is 1. The number of methoxy groups -OCH3 is 1. The number of benzene rings is 1. The van der Waals surface area contributed by atoms with E-state index in [-0.39, 0.29) is 23.4 Å². The average molecular weight is 459 g/mol. The third-order valence-corrected chi connectivity index (χ3v) is 8.49. The molecule has 0 aliphatic heterocycles. The molecule has 1 aromatic rings. The lowest BCUT2D eigenvalue weighted by atomic mass is 9.50. The highest BCUT2D eigenvalue weighted by Gasteiger charge is 2.64. The predicted molar refractivity (Wildman–Crippen MR) is 131 cm³/mol. The number of hydrogen-bond donors (Lipinski definition) is 3. The minimum absolute atomic E-state index is 0.104. The number of phenolic OH excluding ortho intramolecular Hbond substituents is 1. The van der Waals surface area contributed by atoms with Crippen molar-refractivity contribution >= 4 is 5.78 Å². The SMILES string of the molecule is COc1cc(C)c(O)c(CC=C(C)C[C@]2(O)C[C@@]3(C)CCC[C@]3(C)C(=O)[C@@H]2CC(C)(C)O)c1. The zero-order chi connectivity index (χ0) is 24.8. The van der Waals surface area contributed by atoms with Crippen molar-refractivity contribution in [2.24, 2.45) is 16.7 Å². The van der Waals surface area contributed by atoms with E-state index in [4.69, 9.17) is 4.74 Å². The molecular weight excluding hydrogens is 416 g/mol. The summed E-state index contributed by atoms with van der Waals surface area (Å²) >= 11 is 0. The summed E-state index contributed by atoms with van der Waals surface area (Å²) in [4.78, 5) is 13.8. The number of hydrogen-bond acceptors (Lipinski definition) is 5. The third kappa shape index (κ3) is 4.85. The lowest BCUT2D eigenvalue weighted by Gasteiger charge is -2.55. The summed E-state index contributed by atoms with van der Waals surface area (Å²) in [5.74, 6) is 0.443. The molecule has 1 aromatic carbocycles. The molecule has 2 aliphatic carbocycles. The van der Waals surface area contributed by atoms with Crippen molar-refractivity contribution in [2.45, 2.75) is 97.7 Å². The molecule has 0 saturated heterocycles.